The molecule has 88 valence electrons. The van der Waals surface area contributed by atoms with Gasteiger partial charge in [-0.25, -0.2) is 9.40 Å². The third-order valence-corrected chi connectivity index (χ3v) is 2.04. The monoisotopic (exact) mass is 225 g/mol. The largest absolute Gasteiger partial charge is 0.320 e. The normalized spacial score (nSPS) is 12.6. The van der Waals surface area contributed by atoms with Crippen molar-refractivity contribution in [1.29, 1.82) is 0 Å². The summed E-state index contributed by atoms with van der Waals surface area (Å²) in [6, 6.07) is 5.32. The van der Waals surface area contributed by atoms with Crippen LogP contribution >= 0.6 is 0 Å². The standard InChI is InChI=1S/C11H16FN3O/c1-15(2)14-11(16)10(13)7-8-3-5-9(12)6-4-8/h3-6,10H,7,13H2,1-2H3,(H,14,16). The first-order valence-corrected chi connectivity index (χ1v) is 4.97. The van der Waals surface area contributed by atoms with Gasteiger partial charge in [0.25, 0.3) is 5.91 Å². The number of hydrogen-bond acceptors (Lipinski definition) is 3. The second kappa shape index (κ2) is 5.58. The second-order valence-corrected chi connectivity index (χ2v) is 3.81. The van der Waals surface area contributed by atoms with Crippen LogP contribution in [0.25, 0.3) is 0 Å². The second-order valence-electron chi connectivity index (χ2n) is 3.81. The molecule has 0 radical (unpaired) electrons. The third kappa shape index (κ3) is 3.96. The summed E-state index contributed by atoms with van der Waals surface area (Å²) in [5.74, 6) is -0.551. The number of amides is 1. The van der Waals surface area contributed by atoms with Crippen LogP contribution < -0.4 is 11.2 Å². The van der Waals surface area contributed by atoms with Gasteiger partial charge in [0.2, 0.25) is 0 Å². The predicted octanol–water partition coefficient (Wildman–Crippen LogP) is 0.288. The quantitative estimate of drug-likeness (QED) is 0.724. The van der Waals surface area contributed by atoms with Crippen LogP contribution in [0, 0.1) is 5.82 Å². The Hall–Kier alpha value is -1.46. The van der Waals surface area contributed by atoms with Gasteiger partial charge in [-0.3, -0.25) is 10.2 Å². The molecule has 1 rings (SSSR count). The molecular formula is C11H16FN3O. The molecule has 0 aliphatic heterocycles. The first kappa shape index (κ1) is 12.6. The van der Waals surface area contributed by atoms with Gasteiger partial charge in [-0.1, -0.05) is 12.1 Å². The summed E-state index contributed by atoms with van der Waals surface area (Å²) < 4.78 is 12.6. The molecule has 0 saturated carbocycles. The van der Waals surface area contributed by atoms with Crippen molar-refractivity contribution in [2.75, 3.05) is 14.1 Å². The Balaban J connectivity index is 2.53. The van der Waals surface area contributed by atoms with Crippen LogP contribution in [0.3, 0.4) is 0 Å². The first-order chi connectivity index (χ1) is 7.49. The van der Waals surface area contributed by atoms with E-state index < -0.39 is 6.04 Å². The lowest BCUT2D eigenvalue weighted by molar-refractivity contribution is -0.126. The Morgan fingerprint density at radius 3 is 2.50 bits per heavy atom. The number of nitrogens with zero attached hydrogens (tertiary/aromatic N) is 1. The first-order valence-electron chi connectivity index (χ1n) is 4.97. The number of rotatable bonds is 4. The van der Waals surface area contributed by atoms with E-state index in [9.17, 15) is 9.18 Å². The predicted molar refractivity (Wildman–Crippen MR) is 59.9 cm³/mol. The van der Waals surface area contributed by atoms with Crippen LogP contribution in [-0.4, -0.2) is 31.1 Å². The smallest absolute Gasteiger partial charge is 0.251 e. The number of carbonyl (C=O) groups is 1. The van der Waals surface area contributed by atoms with E-state index in [0.717, 1.165) is 5.56 Å². The van der Waals surface area contributed by atoms with E-state index in [0.29, 0.717) is 6.42 Å². The van der Waals surface area contributed by atoms with Gasteiger partial charge in [0.1, 0.15) is 5.82 Å². The van der Waals surface area contributed by atoms with Crippen molar-refractivity contribution in [2.24, 2.45) is 5.73 Å². The molecular weight excluding hydrogens is 209 g/mol. The van der Waals surface area contributed by atoms with Crippen LogP contribution in [0.5, 0.6) is 0 Å². The Kier molecular flexibility index (Phi) is 4.39. The summed E-state index contributed by atoms with van der Waals surface area (Å²) in [6.45, 7) is 0. The number of halogens is 1. The summed E-state index contributed by atoms with van der Waals surface area (Å²) in [5.41, 5.74) is 9.11. The Bertz CT molecular complexity index is 351. The molecule has 1 aromatic rings. The van der Waals surface area contributed by atoms with Gasteiger partial charge in [0.05, 0.1) is 6.04 Å². The Morgan fingerprint density at radius 1 is 1.44 bits per heavy atom. The maximum atomic E-state index is 12.6. The van der Waals surface area contributed by atoms with Gasteiger partial charge in [-0.2, -0.15) is 0 Å². The van der Waals surface area contributed by atoms with E-state index in [4.69, 9.17) is 5.73 Å². The molecule has 0 bridgehead atoms. The zero-order valence-electron chi connectivity index (χ0n) is 9.40. The van der Waals surface area contributed by atoms with Crippen molar-refractivity contribution in [3.05, 3.63) is 35.6 Å². The molecule has 0 heterocycles. The summed E-state index contributed by atoms with van der Waals surface area (Å²) in [5, 5.41) is 1.53. The highest BCUT2D eigenvalue weighted by molar-refractivity contribution is 5.81. The molecule has 0 aliphatic rings. The number of hydrazine groups is 1. The van der Waals surface area contributed by atoms with Crippen molar-refractivity contribution in [3.8, 4) is 0 Å². The molecule has 0 saturated heterocycles. The van der Waals surface area contributed by atoms with Crippen molar-refractivity contribution in [2.45, 2.75) is 12.5 Å². The van der Waals surface area contributed by atoms with Crippen molar-refractivity contribution >= 4 is 5.91 Å². The zero-order chi connectivity index (χ0) is 12.1. The molecule has 1 unspecified atom stereocenters. The van der Waals surface area contributed by atoms with Crippen molar-refractivity contribution in [3.63, 3.8) is 0 Å². The van der Waals surface area contributed by atoms with Crippen molar-refractivity contribution in [1.82, 2.24) is 10.4 Å². The molecule has 4 nitrogen and oxygen atoms in total. The van der Waals surface area contributed by atoms with Gasteiger partial charge < -0.3 is 5.73 Å². The fourth-order valence-corrected chi connectivity index (χ4v) is 1.27. The lowest BCUT2D eigenvalue weighted by Gasteiger charge is -2.16. The minimum absolute atomic E-state index is 0.255. The zero-order valence-corrected chi connectivity index (χ0v) is 9.40. The number of hydrogen-bond donors (Lipinski definition) is 2. The molecule has 16 heavy (non-hydrogen) atoms. The lowest BCUT2D eigenvalue weighted by Crippen LogP contribution is -2.47. The van der Waals surface area contributed by atoms with Gasteiger partial charge in [-0.05, 0) is 24.1 Å². The third-order valence-electron chi connectivity index (χ3n) is 2.04. The molecule has 5 heteroatoms. The van der Waals surface area contributed by atoms with Gasteiger partial charge in [0, 0.05) is 14.1 Å². The van der Waals surface area contributed by atoms with E-state index in [2.05, 4.69) is 5.43 Å². The van der Waals surface area contributed by atoms with Gasteiger partial charge in [0.15, 0.2) is 0 Å². The van der Waals surface area contributed by atoms with Crippen LogP contribution in [0.4, 0.5) is 4.39 Å². The number of nitrogens with one attached hydrogen (secondary N) is 1. The summed E-state index contributed by atoms with van der Waals surface area (Å²) in [4.78, 5) is 11.5. The highest BCUT2D eigenvalue weighted by Crippen LogP contribution is 2.05. The summed E-state index contributed by atoms with van der Waals surface area (Å²) >= 11 is 0. The average molecular weight is 225 g/mol. The van der Waals surface area contributed by atoms with E-state index in [1.807, 2.05) is 0 Å². The molecule has 0 aromatic heterocycles. The SMILES string of the molecule is CN(C)NC(=O)C(N)Cc1ccc(F)cc1. The Morgan fingerprint density at radius 2 is 2.00 bits per heavy atom. The fourth-order valence-electron chi connectivity index (χ4n) is 1.27. The van der Waals surface area contributed by atoms with Crippen LogP contribution in [0.2, 0.25) is 0 Å². The van der Waals surface area contributed by atoms with Gasteiger partial charge in [-0.15, -0.1) is 0 Å². The molecule has 3 N–H and O–H groups in total. The maximum Gasteiger partial charge on any atom is 0.251 e. The van der Waals surface area contributed by atoms with Gasteiger partial charge >= 0.3 is 0 Å². The minimum atomic E-state index is -0.632. The van der Waals surface area contributed by atoms with E-state index in [-0.39, 0.29) is 11.7 Å². The average Bonchev–Trinajstić information content (AvgIpc) is 2.20. The molecule has 0 spiro atoms. The molecule has 1 atom stereocenters. The van der Waals surface area contributed by atoms with Crippen molar-refractivity contribution < 1.29 is 9.18 Å². The Labute approximate surface area is 94.2 Å². The van der Waals surface area contributed by atoms with Crippen LogP contribution in [-0.2, 0) is 11.2 Å². The topological polar surface area (TPSA) is 58.4 Å². The highest BCUT2D eigenvalue weighted by Gasteiger charge is 2.14. The number of benzene rings is 1. The van der Waals surface area contributed by atoms with Crippen LogP contribution in [0.1, 0.15) is 5.56 Å². The molecule has 0 aliphatic carbocycles. The van der Waals surface area contributed by atoms with E-state index in [1.165, 1.54) is 17.1 Å². The molecule has 1 aromatic carbocycles. The van der Waals surface area contributed by atoms with Crippen LogP contribution in [0.15, 0.2) is 24.3 Å². The highest BCUT2D eigenvalue weighted by atomic mass is 19.1. The van der Waals surface area contributed by atoms with E-state index >= 15 is 0 Å². The molecule has 0 fully saturated rings. The van der Waals surface area contributed by atoms with E-state index in [1.54, 1.807) is 26.2 Å². The minimum Gasteiger partial charge on any atom is -0.320 e. The fraction of sp³-hybridized carbons (Fsp3) is 0.364. The number of carbonyl (C=O) groups excluding carboxylic acids is 1. The maximum absolute atomic E-state index is 12.6. The number of nitrogens with two attached hydrogens (primary N) is 1. The summed E-state index contributed by atoms with van der Waals surface area (Å²) in [7, 11) is 3.42. The lowest BCUT2D eigenvalue weighted by atomic mass is 10.1. The summed E-state index contributed by atoms with van der Waals surface area (Å²) in [6.07, 6.45) is 0.389. The molecule has 1 amide bonds.